The van der Waals surface area contributed by atoms with E-state index in [1.54, 1.807) is 11.9 Å². The number of nitrogen functional groups attached to an aromatic ring is 1. The zero-order valence-corrected chi connectivity index (χ0v) is 10.7. The van der Waals surface area contributed by atoms with E-state index in [9.17, 15) is 4.79 Å². The van der Waals surface area contributed by atoms with Gasteiger partial charge >= 0.3 is 6.03 Å². The number of nitrogens with zero attached hydrogens (tertiary/aromatic N) is 3. The molecule has 18 heavy (non-hydrogen) atoms. The maximum absolute atomic E-state index is 11.9. The van der Waals surface area contributed by atoms with Crippen LogP contribution in [0.4, 0.5) is 16.3 Å². The lowest BCUT2D eigenvalue weighted by atomic mass is 10.4. The predicted octanol–water partition coefficient (Wildman–Crippen LogP) is 1.29. The topological polar surface area (TPSA) is 96.2 Å². The molecule has 0 aliphatic heterocycles. The van der Waals surface area contributed by atoms with E-state index in [0.717, 1.165) is 6.54 Å². The van der Waals surface area contributed by atoms with Crippen molar-refractivity contribution in [1.82, 2.24) is 14.9 Å². The molecular formula is C10H15ClN6O. The number of urea groups is 1. The van der Waals surface area contributed by atoms with E-state index in [4.69, 9.17) is 17.4 Å². The number of hydrazine groups is 1. The second-order valence-electron chi connectivity index (χ2n) is 4.30. The molecule has 8 heteroatoms. The molecule has 1 aliphatic rings. The zero-order chi connectivity index (χ0) is 13.1. The second-order valence-corrected chi connectivity index (χ2v) is 4.64. The van der Waals surface area contributed by atoms with Gasteiger partial charge in [-0.15, -0.1) is 0 Å². The highest BCUT2D eigenvalue weighted by Crippen LogP contribution is 2.29. The Morgan fingerprint density at radius 1 is 1.67 bits per heavy atom. The van der Waals surface area contributed by atoms with Crippen LogP contribution in [0.1, 0.15) is 12.8 Å². The van der Waals surface area contributed by atoms with E-state index in [2.05, 4.69) is 20.7 Å². The molecule has 0 radical (unpaired) electrons. The minimum atomic E-state index is -0.218. The molecule has 0 bridgehead atoms. The Bertz CT molecular complexity index is 450. The van der Waals surface area contributed by atoms with Gasteiger partial charge in [-0.25, -0.2) is 15.6 Å². The van der Waals surface area contributed by atoms with Gasteiger partial charge in [-0.1, -0.05) is 0 Å². The largest absolute Gasteiger partial charge is 0.327 e. The highest BCUT2D eigenvalue weighted by molar-refractivity contribution is 6.28. The third-order valence-corrected chi connectivity index (χ3v) is 2.90. The van der Waals surface area contributed by atoms with Gasteiger partial charge in [0.25, 0.3) is 0 Å². The lowest BCUT2D eigenvalue weighted by Crippen LogP contribution is -2.33. The van der Waals surface area contributed by atoms with Gasteiger partial charge in [-0.05, 0) is 30.4 Å². The Morgan fingerprint density at radius 3 is 3.00 bits per heavy atom. The van der Waals surface area contributed by atoms with E-state index < -0.39 is 0 Å². The lowest BCUT2D eigenvalue weighted by Gasteiger charge is -2.18. The van der Waals surface area contributed by atoms with Crippen molar-refractivity contribution < 1.29 is 4.79 Å². The van der Waals surface area contributed by atoms with Crippen LogP contribution in [0, 0.1) is 5.92 Å². The van der Waals surface area contributed by atoms with Crippen molar-refractivity contribution in [2.24, 2.45) is 11.8 Å². The number of carbonyl (C=O) groups excluding carboxylic acids is 1. The Hall–Kier alpha value is -1.60. The number of halogens is 1. The van der Waals surface area contributed by atoms with Crippen molar-refractivity contribution in [1.29, 1.82) is 0 Å². The quantitative estimate of drug-likeness (QED) is 0.435. The van der Waals surface area contributed by atoms with E-state index >= 15 is 0 Å². The second kappa shape index (κ2) is 5.36. The van der Waals surface area contributed by atoms with Crippen LogP contribution in [0.3, 0.4) is 0 Å². The number of anilines is 2. The average molecular weight is 271 g/mol. The summed E-state index contributed by atoms with van der Waals surface area (Å²) in [4.78, 5) is 21.2. The smallest absolute Gasteiger partial charge is 0.321 e. The fourth-order valence-corrected chi connectivity index (χ4v) is 1.68. The summed E-state index contributed by atoms with van der Waals surface area (Å²) < 4.78 is 0. The van der Waals surface area contributed by atoms with Crippen LogP contribution in [0.15, 0.2) is 6.20 Å². The summed E-state index contributed by atoms with van der Waals surface area (Å²) in [5.41, 5.74) is 2.76. The van der Waals surface area contributed by atoms with Gasteiger partial charge in [0.2, 0.25) is 5.28 Å². The zero-order valence-electron chi connectivity index (χ0n) is 9.98. The summed E-state index contributed by atoms with van der Waals surface area (Å²) in [5, 5.41) is 2.74. The van der Waals surface area contributed by atoms with Crippen molar-refractivity contribution in [3.8, 4) is 0 Å². The number of nitrogens with two attached hydrogens (primary N) is 1. The number of carbonyl (C=O) groups is 1. The van der Waals surface area contributed by atoms with Gasteiger partial charge in [0.05, 0.1) is 6.20 Å². The first-order valence-corrected chi connectivity index (χ1v) is 5.99. The molecule has 0 spiro atoms. The van der Waals surface area contributed by atoms with Crippen LogP contribution in [-0.2, 0) is 0 Å². The minimum Gasteiger partial charge on any atom is -0.327 e. The molecule has 1 saturated carbocycles. The van der Waals surface area contributed by atoms with Crippen LogP contribution in [-0.4, -0.2) is 34.5 Å². The van der Waals surface area contributed by atoms with Gasteiger partial charge in [0.15, 0.2) is 5.82 Å². The van der Waals surface area contributed by atoms with Gasteiger partial charge in [-0.2, -0.15) is 4.98 Å². The van der Waals surface area contributed by atoms with Gasteiger partial charge in [0, 0.05) is 13.6 Å². The molecule has 0 unspecified atom stereocenters. The third-order valence-electron chi connectivity index (χ3n) is 2.71. The van der Waals surface area contributed by atoms with Crippen molar-refractivity contribution >= 4 is 29.1 Å². The number of rotatable bonds is 4. The van der Waals surface area contributed by atoms with Crippen LogP contribution >= 0.6 is 11.6 Å². The molecule has 2 amide bonds. The Balaban J connectivity index is 2.01. The third kappa shape index (κ3) is 3.21. The van der Waals surface area contributed by atoms with Crippen molar-refractivity contribution in [3.05, 3.63) is 11.5 Å². The number of hydrogen-bond acceptors (Lipinski definition) is 5. The van der Waals surface area contributed by atoms with Gasteiger partial charge in [0.1, 0.15) is 5.69 Å². The first-order chi connectivity index (χ1) is 8.60. The summed E-state index contributed by atoms with van der Waals surface area (Å²) in [6.07, 6.45) is 3.79. The molecule has 1 aromatic heterocycles. The summed E-state index contributed by atoms with van der Waals surface area (Å²) in [7, 11) is 1.75. The standard InChI is InChI=1S/C10H15ClN6O/c1-17(5-6-2-3-6)10(18)14-7-4-13-9(11)15-8(7)16-12/h4,6H,2-3,5,12H2,1H3,(H,14,18)(H,13,15,16). The molecule has 98 valence electrons. The monoisotopic (exact) mass is 270 g/mol. The van der Waals surface area contributed by atoms with Crippen LogP contribution < -0.4 is 16.6 Å². The van der Waals surface area contributed by atoms with Crippen LogP contribution in [0.5, 0.6) is 0 Å². The van der Waals surface area contributed by atoms with Gasteiger partial charge in [-0.3, -0.25) is 0 Å². The predicted molar refractivity (Wildman–Crippen MR) is 69.2 cm³/mol. The number of nitrogens with one attached hydrogen (secondary N) is 2. The van der Waals surface area contributed by atoms with Crippen LogP contribution in [0.2, 0.25) is 5.28 Å². The summed E-state index contributed by atoms with van der Waals surface area (Å²) >= 11 is 5.63. The van der Waals surface area contributed by atoms with E-state index in [-0.39, 0.29) is 17.1 Å². The van der Waals surface area contributed by atoms with E-state index in [0.29, 0.717) is 11.6 Å². The van der Waals surface area contributed by atoms with Crippen molar-refractivity contribution in [2.45, 2.75) is 12.8 Å². The molecule has 2 rings (SSSR count). The van der Waals surface area contributed by atoms with E-state index in [1.807, 2.05) is 0 Å². The average Bonchev–Trinajstić information content (AvgIpc) is 3.15. The number of aromatic nitrogens is 2. The highest BCUT2D eigenvalue weighted by atomic mass is 35.5. The molecule has 0 atom stereocenters. The van der Waals surface area contributed by atoms with Crippen molar-refractivity contribution in [3.63, 3.8) is 0 Å². The number of hydrogen-bond donors (Lipinski definition) is 3. The Morgan fingerprint density at radius 2 is 2.39 bits per heavy atom. The molecule has 4 N–H and O–H groups in total. The Kier molecular flexibility index (Phi) is 3.83. The number of amides is 2. The Labute approximate surface area is 110 Å². The SMILES string of the molecule is CN(CC1CC1)C(=O)Nc1cnc(Cl)nc1NN. The molecule has 0 aromatic carbocycles. The molecule has 0 saturated heterocycles. The normalized spacial score (nSPS) is 14.2. The summed E-state index contributed by atoms with van der Waals surface area (Å²) in [6, 6.07) is -0.218. The molecule has 1 aromatic rings. The molecular weight excluding hydrogens is 256 g/mol. The fourth-order valence-electron chi connectivity index (χ4n) is 1.54. The molecule has 1 heterocycles. The highest BCUT2D eigenvalue weighted by Gasteiger charge is 2.25. The van der Waals surface area contributed by atoms with Crippen molar-refractivity contribution in [2.75, 3.05) is 24.3 Å². The lowest BCUT2D eigenvalue weighted by molar-refractivity contribution is 0.220. The van der Waals surface area contributed by atoms with Crippen LogP contribution in [0.25, 0.3) is 0 Å². The molecule has 1 aliphatic carbocycles. The fraction of sp³-hybridized carbons (Fsp3) is 0.500. The minimum absolute atomic E-state index is 0.0623. The van der Waals surface area contributed by atoms with E-state index in [1.165, 1.54) is 19.0 Å². The first kappa shape index (κ1) is 12.8. The summed E-state index contributed by atoms with van der Waals surface area (Å²) in [6.45, 7) is 0.756. The maximum Gasteiger partial charge on any atom is 0.321 e. The maximum atomic E-state index is 11.9. The molecule has 1 fully saturated rings. The van der Waals surface area contributed by atoms with Gasteiger partial charge < -0.3 is 15.6 Å². The molecule has 7 nitrogen and oxygen atoms in total. The first-order valence-electron chi connectivity index (χ1n) is 5.61. The summed E-state index contributed by atoms with van der Waals surface area (Å²) in [5.74, 6) is 6.21.